The molecule has 0 atom stereocenters. The molecule has 1 aromatic heterocycles. The van der Waals surface area contributed by atoms with Crippen LogP contribution >= 0.6 is 11.6 Å². The van der Waals surface area contributed by atoms with Gasteiger partial charge in [-0.3, -0.25) is 4.79 Å². The van der Waals surface area contributed by atoms with Gasteiger partial charge < -0.3 is 10.1 Å². The molecule has 1 aliphatic rings. The van der Waals surface area contributed by atoms with E-state index in [0.29, 0.717) is 17.5 Å². The standard InChI is InChI=1S/C16H17ClN2O2/c1-2-21-12-8-11(9-12)18-16(20)14-7-10-5-3-4-6-13(10)15(17)19-14/h3-7,11-12H,2,8-9H2,1H3,(H,18,20). The third-order valence-electron chi connectivity index (χ3n) is 3.76. The SMILES string of the molecule is CCOC1CC(NC(=O)c2cc3ccccc3c(Cl)n2)C1. The molecule has 0 bridgehead atoms. The second kappa shape index (κ2) is 6.00. The highest BCUT2D eigenvalue weighted by molar-refractivity contribution is 6.34. The van der Waals surface area contributed by atoms with Crippen molar-refractivity contribution < 1.29 is 9.53 Å². The molecule has 1 fully saturated rings. The van der Waals surface area contributed by atoms with E-state index in [2.05, 4.69) is 10.3 Å². The third kappa shape index (κ3) is 3.01. The Bertz CT molecular complexity index is 668. The number of benzene rings is 1. The van der Waals surface area contributed by atoms with Crippen LogP contribution in [0.1, 0.15) is 30.3 Å². The first-order chi connectivity index (χ1) is 10.2. The summed E-state index contributed by atoms with van der Waals surface area (Å²) < 4.78 is 5.48. The topological polar surface area (TPSA) is 51.2 Å². The zero-order valence-electron chi connectivity index (χ0n) is 11.8. The Hall–Kier alpha value is -1.65. The lowest BCUT2D eigenvalue weighted by Crippen LogP contribution is -2.48. The van der Waals surface area contributed by atoms with Gasteiger partial charge in [-0.15, -0.1) is 0 Å². The Morgan fingerprint density at radius 2 is 2.19 bits per heavy atom. The molecule has 0 spiro atoms. The first-order valence-corrected chi connectivity index (χ1v) is 7.53. The molecule has 0 aliphatic heterocycles. The molecule has 1 aliphatic carbocycles. The van der Waals surface area contributed by atoms with E-state index in [1.807, 2.05) is 31.2 Å². The zero-order chi connectivity index (χ0) is 14.8. The number of carbonyl (C=O) groups excluding carboxylic acids is 1. The minimum absolute atomic E-state index is 0.168. The van der Waals surface area contributed by atoms with Crippen LogP contribution in [0.2, 0.25) is 5.15 Å². The Morgan fingerprint density at radius 3 is 2.95 bits per heavy atom. The van der Waals surface area contributed by atoms with Gasteiger partial charge in [-0.25, -0.2) is 4.98 Å². The molecule has 0 saturated heterocycles. The van der Waals surface area contributed by atoms with Gasteiger partial charge in [-0.05, 0) is 31.2 Å². The van der Waals surface area contributed by atoms with E-state index in [4.69, 9.17) is 16.3 Å². The van der Waals surface area contributed by atoms with Gasteiger partial charge in [0.1, 0.15) is 10.8 Å². The van der Waals surface area contributed by atoms with Crippen LogP contribution in [-0.4, -0.2) is 29.6 Å². The van der Waals surface area contributed by atoms with Crippen LogP contribution in [0.4, 0.5) is 0 Å². The Balaban J connectivity index is 1.71. The summed E-state index contributed by atoms with van der Waals surface area (Å²) in [6, 6.07) is 9.58. The maximum absolute atomic E-state index is 12.2. The molecule has 1 aromatic carbocycles. The van der Waals surface area contributed by atoms with E-state index < -0.39 is 0 Å². The molecule has 1 N–H and O–H groups in total. The van der Waals surface area contributed by atoms with Crippen molar-refractivity contribution >= 4 is 28.3 Å². The highest BCUT2D eigenvalue weighted by Crippen LogP contribution is 2.25. The normalized spacial score (nSPS) is 21.0. The van der Waals surface area contributed by atoms with Crippen LogP contribution in [0.3, 0.4) is 0 Å². The number of fused-ring (bicyclic) bond motifs is 1. The van der Waals surface area contributed by atoms with Crippen molar-refractivity contribution in [3.63, 3.8) is 0 Å². The second-order valence-electron chi connectivity index (χ2n) is 5.24. The van der Waals surface area contributed by atoms with E-state index in [1.54, 1.807) is 6.07 Å². The summed E-state index contributed by atoms with van der Waals surface area (Å²) >= 11 is 6.14. The summed E-state index contributed by atoms with van der Waals surface area (Å²) in [6.45, 7) is 2.69. The van der Waals surface area contributed by atoms with E-state index in [9.17, 15) is 4.79 Å². The average molecular weight is 305 g/mol. The smallest absolute Gasteiger partial charge is 0.270 e. The number of ether oxygens (including phenoxy) is 1. The van der Waals surface area contributed by atoms with Gasteiger partial charge in [0, 0.05) is 18.0 Å². The molecule has 1 heterocycles. The Kier molecular flexibility index (Phi) is 4.08. The highest BCUT2D eigenvalue weighted by Gasteiger charge is 2.31. The van der Waals surface area contributed by atoms with Crippen molar-refractivity contribution in [2.75, 3.05) is 6.61 Å². The van der Waals surface area contributed by atoms with Gasteiger partial charge in [-0.1, -0.05) is 35.9 Å². The van der Waals surface area contributed by atoms with Crippen LogP contribution in [0.5, 0.6) is 0 Å². The Morgan fingerprint density at radius 1 is 1.43 bits per heavy atom. The van der Waals surface area contributed by atoms with Gasteiger partial charge in [0.25, 0.3) is 5.91 Å². The number of carbonyl (C=O) groups is 1. The molecule has 3 rings (SSSR count). The van der Waals surface area contributed by atoms with Crippen LogP contribution in [0.15, 0.2) is 30.3 Å². The fourth-order valence-electron chi connectivity index (χ4n) is 2.59. The first-order valence-electron chi connectivity index (χ1n) is 7.15. The van der Waals surface area contributed by atoms with Gasteiger partial charge in [0.2, 0.25) is 0 Å². The van der Waals surface area contributed by atoms with Crippen molar-refractivity contribution in [1.29, 1.82) is 0 Å². The summed E-state index contributed by atoms with van der Waals surface area (Å²) in [5.41, 5.74) is 0.360. The lowest BCUT2D eigenvalue weighted by atomic mass is 9.89. The molecule has 21 heavy (non-hydrogen) atoms. The van der Waals surface area contributed by atoms with Gasteiger partial charge in [0.15, 0.2) is 0 Å². The van der Waals surface area contributed by atoms with E-state index in [1.165, 1.54) is 0 Å². The van der Waals surface area contributed by atoms with Gasteiger partial charge in [0.05, 0.1) is 6.10 Å². The summed E-state index contributed by atoms with van der Waals surface area (Å²) in [4.78, 5) is 16.4. The number of rotatable bonds is 4. The van der Waals surface area contributed by atoms with E-state index in [0.717, 1.165) is 23.6 Å². The predicted molar refractivity (Wildman–Crippen MR) is 82.7 cm³/mol. The van der Waals surface area contributed by atoms with Gasteiger partial charge >= 0.3 is 0 Å². The Labute approximate surface area is 128 Å². The van der Waals surface area contributed by atoms with Crippen LogP contribution in [0.25, 0.3) is 10.8 Å². The molecule has 4 nitrogen and oxygen atoms in total. The molecule has 5 heteroatoms. The fourth-order valence-corrected chi connectivity index (χ4v) is 2.85. The maximum atomic E-state index is 12.2. The summed E-state index contributed by atoms with van der Waals surface area (Å²) in [5, 5.41) is 5.11. The number of hydrogen-bond donors (Lipinski definition) is 1. The van der Waals surface area contributed by atoms with Crippen molar-refractivity contribution in [2.45, 2.75) is 31.9 Å². The number of nitrogens with one attached hydrogen (secondary N) is 1. The number of aromatic nitrogens is 1. The lowest BCUT2D eigenvalue weighted by molar-refractivity contribution is -0.00866. The molecule has 110 valence electrons. The quantitative estimate of drug-likeness (QED) is 0.883. The van der Waals surface area contributed by atoms with Crippen LogP contribution in [-0.2, 0) is 4.74 Å². The molecule has 1 amide bonds. The van der Waals surface area contributed by atoms with Crippen LogP contribution < -0.4 is 5.32 Å². The molecule has 0 unspecified atom stereocenters. The summed E-state index contributed by atoms with van der Waals surface area (Å²) in [6.07, 6.45) is 2.00. The highest BCUT2D eigenvalue weighted by atomic mass is 35.5. The molecular weight excluding hydrogens is 288 g/mol. The molecule has 2 aromatic rings. The van der Waals surface area contributed by atoms with Crippen molar-refractivity contribution in [3.05, 3.63) is 41.2 Å². The number of nitrogens with zero attached hydrogens (tertiary/aromatic N) is 1. The predicted octanol–water partition coefficient (Wildman–Crippen LogP) is 3.19. The monoisotopic (exact) mass is 304 g/mol. The number of halogens is 1. The molecule has 1 saturated carbocycles. The fraction of sp³-hybridized carbons (Fsp3) is 0.375. The van der Waals surface area contributed by atoms with Crippen molar-refractivity contribution in [3.8, 4) is 0 Å². The first kappa shape index (κ1) is 14.3. The largest absolute Gasteiger partial charge is 0.378 e. The maximum Gasteiger partial charge on any atom is 0.270 e. The zero-order valence-corrected chi connectivity index (χ0v) is 12.6. The minimum atomic E-state index is -0.178. The van der Waals surface area contributed by atoms with E-state index >= 15 is 0 Å². The number of amides is 1. The summed E-state index contributed by atoms with van der Waals surface area (Å²) in [7, 11) is 0. The average Bonchev–Trinajstić information content (AvgIpc) is 2.45. The number of pyridine rings is 1. The number of hydrogen-bond acceptors (Lipinski definition) is 3. The minimum Gasteiger partial charge on any atom is -0.378 e. The van der Waals surface area contributed by atoms with Gasteiger partial charge in [-0.2, -0.15) is 0 Å². The molecular formula is C16H17ClN2O2. The third-order valence-corrected chi connectivity index (χ3v) is 4.05. The van der Waals surface area contributed by atoms with Crippen molar-refractivity contribution in [2.24, 2.45) is 0 Å². The lowest BCUT2D eigenvalue weighted by Gasteiger charge is -2.35. The molecule has 0 radical (unpaired) electrons. The van der Waals surface area contributed by atoms with Crippen molar-refractivity contribution in [1.82, 2.24) is 10.3 Å². The summed E-state index contributed by atoms with van der Waals surface area (Å²) in [5.74, 6) is -0.178. The van der Waals surface area contributed by atoms with Crippen LogP contribution in [0, 0.1) is 0 Å². The van der Waals surface area contributed by atoms with E-state index in [-0.39, 0.29) is 18.1 Å². The second-order valence-corrected chi connectivity index (χ2v) is 5.60.